The fourth-order valence-electron chi connectivity index (χ4n) is 2.31. The molecule has 0 amide bonds. The lowest BCUT2D eigenvalue weighted by Crippen LogP contribution is -2.30. The molecule has 2 rings (SSSR count). The van der Waals surface area contributed by atoms with Gasteiger partial charge in [-0.15, -0.1) is 0 Å². The van der Waals surface area contributed by atoms with E-state index in [0.29, 0.717) is 0 Å². The van der Waals surface area contributed by atoms with Crippen molar-refractivity contribution in [2.45, 2.75) is 25.5 Å². The van der Waals surface area contributed by atoms with Crippen LogP contribution in [0.1, 0.15) is 18.9 Å². The monoisotopic (exact) mass is 220 g/mol. The van der Waals surface area contributed by atoms with Crippen LogP contribution < -0.4 is 10.2 Å². The van der Waals surface area contributed by atoms with Crippen LogP contribution in [0, 0.1) is 0 Å². The van der Waals surface area contributed by atoms with E-state index in [-0.39, 0.29) is 0 Å². The molecule has 0 aliphatic carbocycles. The van der Waals surface area contributed by atoms with E-state index in [9.17, 15) is 5.11 Å². The fraction of sp³-hybridized carbons (Fsp3) is 0.538. The molecule has 2 N–H and O–H groups in total. The van der Waals surface area contributed by atoms with Crippen molar-refractivity contribution in [2.24, 2.45) is 0 Å². The lowest BCUT2D eigenvalue weighted by Gasteiger charge is -2.23. The highest BCUT2D eigenvalue weighted by molar-refractivity contribution is 5.54. The first-order chi connectivity index (χ1) is 7.62. The molecule has 1 heterocycles. The van der Waals surface area contributed by atoms with Gasteiger partial charge in [-0.25, -0.2) is 0 Å². The maximum atomic E-state index is 9.99. The molecular formula is C13H20N2O. The Bertz CT molecular complexity index is 363. The summed E-state index contributed by atoms with van der Waals surface area (Å²) in [6.07, 6.45) is 0.848. The molecule has 1 saturated heterocycles. The number of anilines is 1. The second kappa shape index (κ2) is 4.44. The molecule has 0 saturated carbocycles. The predicted octanol–water partition coefficient (Wildman–Crippen LogP) is 1.37. The van der Waals surface area contributed by atoms with Gasteiger partial charge in [0, 0.05) is 25.3 Å². The van der Waals surface area contributed by atoms with E-state index in [1.54, 1.807) is 0 Å². The van der Waals surface area contributed by atoms with Gasteiger partial charge in [-0.2, -0.15) is 0 Å². The second-order valence-corrected chi connectivity index (χ2v) is 4.83. The molecule has 1 atom stereocenters. The number of hydrogen-bond acceptors (Lipinski definition) is 3. The lowest BCUT2D eigenvalue weighted by atomic mass is 10.1. The van der Waals surface area contributed by atoms with Gasteiger partial charge >= 0.3 is 0 Å². The topological polar surface area (TPSA) is 35.5 Å². The van der Waals surface area contributed by atoms with Crippen molar-refractivity contribution in [3.05, 3.63) is 29.8 Å². The Balaban J connectivity index is 2.20. The summed E-state index contributed by atoms with van der Waals surface area (Å²) < 4.78 is 0. The molecule has 1 aliphatic rings. The quantitative estimate of drug-likeness (QED) is 0.807. The van der Waals surface area contributed by atoms with E-state index in [1.165, 1.54) is 11.3 Å². The van der Waals surface area contributed by atoms with Crippen molar-refractivity contribution in [2.75, 3.05) is 25.0 Å². The third-order valence-electron chi connectivity index (χ3n) is 3.15. The fourth-order valence-corrected chi connectivity index (χ4v) is 2.31. The number of nitrogens with one attached hydrogen (secondary N) is 1. The molecule has 3 heteroatoms. The summed E-state index contributed by atoms with van der Waals surface area (Å²) in [4.78, 5) is 2.27. The molecule has 1 aromatic carbocycles. The van der Waals surface area contributed by atoms with Crippen LogP contribution in [0.5, 0.6) is 0 Å². The summed E-state index contributed by atoms with van der Waals surface area (Å²) in [6, 6.07) is 8.39. The third-order valence-corrected chi connectivity index (χ3v) is 3.15. The van der Waals surface area contributed by atoms with Crippen LogP contribution in [0.15, 0.2) is 24.3 Å². The number of hydrogen-bond donors (Lipinski definition) is 2. The first-order valence-corrected chi connectivity index (χ1v) is 5.82. The number of β-amino-alcohol motifs (C(OH)–C–C–N with tert-alkyl or cyclic N) is 1. The van der Waals surface area contributed by atoms with Gasteiger partial charge in [0.15, 0.2) is 0 Å². The average molecular weight is 220 g/mol. The van der Waals surface area contributed by atoms with Crippen LogP contribution in [0.25, 0.3) is 0 Å². The molecule has 0 spiro atoms. The third kappa shape index (κ3) is 2.36. The van der Waals surface area contributed by atoms with E-state index >= 15 is 0 Å². The predicted molar refractivity (Wildman–Crippen MR) is 66.7 cm³/mol. The van der Waals surface area contributed by atoms with Crippen molar-refractivity contribution in [3.63, 3.8) is 0 Å². The first kappa shape index (κ1) is 11.4. The zero-order chi connectivity index (χ0) is 11.6. The van der Waals surface area contributed by atoms with Crippen molar-refractivity contribution >= 4 is 5.69 Å². The van der Waals surface area contributed by atoms with E-state index in [0.717, 1.165) is 26.1 Å². The minimum Gasteiger partial charge on any atom is -0.388 e. The Morgan fingerprint density at radius 2 is 2.19 bits per heavy atom. The van der Waals surface area contributed by atoms with Crippen LogP contribution in [0.4, 0.5) is 5.69 Å². The van der Waals surface area contributed by atoms with Crippen LogP contribution in [0.3, 0.4) is 0 Å². The number of para-hydroxylation sites is 1. The maximum absolute atomic E-state index is 9.99. The summed E-state index contributed by atoms with van der Waals surface area (Å²) in [5, 5.41) is 13.2. The van der Waals surface area contributed by atoms with Crippen LogP contribution in [-0.4, -0.2) is 30.8 Å². The van der Waals surface area contributed by atoms with Crippen molar-refractivity contribution in [3.8, 4) is 0 Å². The van der Waals surface area contributed by atoms with Crippen molar-refractivity contribution in [1.82, 2.24) is 5.32 Å². The van der Waals surface area contributed by atoms with Gasteiger partial charge < -0.3 is 15.3 Å². The number of aliphatic hydroxyl groups is 1. The minimum atomic E-state index is -0.535. The van der Waals surface area contributed by atoms with E-state index in [2.05, 4.69) is 34.5 Å². The zero-order valence-corrected chi connectivity index (χ0v) is 10.0. The van der Waals surface area contributed by atoms with Gasteiger partial charge in [0.25, 0.3) is 0 Å². The Morgan fingerprint density at radius 1 is 1.44 bits per heavy atom. The molecule has 1 aliphatic heterocycles. The van der Waals surface area contributed by atoms with E-state index < -0.39 is 5.60 Å². The van der Waals surface area contributed by atoms with Gasteiger partial charge in [-0.3, -0.25) is 0 Å². The molecule has 88 valence electrons. The molecule has 0 bridgehead atoms. The van der Waals surface area contributed by atoms with Crippen LogP contribution in [0.2, 0.25) is 0 Å². The molecule has 3 nitrogen and oxygen atoms in total. The smallest absolute Gasteiger partial charge is 0.0810 e. The summed E-state index contributed by atoms with van der Waals surface area (Å²) in [5.74, 6) is 0. The largest absolute Gasteiger partial charge is 0.388 e. The molecular weight excluding hydrogens is 200 g/mol. The molecule has 16 heavy (non-hydrogen) atoms. The van der Waals surface area contributed by atoms with Crippen LogP contribution >= 0.6 is 0 Å². The normalized spacial score (nSPS) is 25.1. The maximum Gasteiger partial charge on any atom is 0.0810 e. The van der Waals surface area contributed by atoms with Gasteiger partial charge in [0.05, 0.1) is 5.60 Å². The number of nitrogens with zero attached hydrogens (tertiary/aromatic N) is 1. The van der Waals surface area contributed by atoms with Gasteiger partial charge in [-0.1, -0.05) is 18.2 Å². The summed E-state index contributed by atoms with van der Waals surface area (Å²) in [7, 11) is 1.96. The van der Waals surface area contributed by atoms with Crippen molar-refractivity contribution in [1.29, 1.82) is 0 Å². The van der Waals surface area contributed by atoms with E-state index in [1.807, 2.05) is 14.0 Å². The Morgan fingerprint density at radius 3 is 2.81 bits per heavy atom. The first-order valence-electron chi connectivity index (χ1n) is 5.82. The average Bonchev–Trinajstić information content (AvgIpc) is 2.60. The van der Waals surface area contributed by atoms with Crippen LogP contribution in [-0.2, 0) is 6.54 Å². The standard InChI is InChI=1S/C13H20N2O/c1-13(16)7-8-15(10-13)12-6-4-3-5-11(12)9-14-2/h3-6,14,16H,7-10H2,1-2H3. The van der Waals surface area contributed by atoms with Crippen molar-refractivity contribution < 1.29 is 5.11 Å². The van der Waals surface area contributed by atoms with Gasteiger partial charge in [0.1, 0.15) is 0 Å². The Labute approximate surface area is 97.1 Å². The highest BCUT2D eigenvalue weighted by Gasteiger charge is 2.31. The number of rotatable bonds is 3. The highest BCUT2D eigenvalue weighted by atomic mass is 16.3. The van der Waals surface area contributed by atoms with Gasteiger partial charge in [0.2, 0.25) is 0 Å². The molecule has 1 aromatic rings. The van der Waals surface area contributed by atoms with E-state index in [4.69, 9.17) is 0 Å². The summed E-state index contributed by atoms with van der Waals surface area (Å²) >= 11 is 0. The highest BCUT2D eigenvalue weighted by Crippen LogP contribution is 2.28. The zero-order valence-electron chi connectivity index (χ0n) is 10.0. The molecule has 1 unspecified atom stereocenters. The second-order valence-electron chi connectivity index (χ2n) is 4.83. The minimum absolute atomic E-state index is 0.535. The molecule has 0 radical (unpaired) electrons. The molecule has 0 aromatic heterocycles. The van der Waals surface area contributed by atoms with Gasteiger partial charge in [-0.05, 0) is 32.0 Å². The Kier molecular flexibility index (Phi) is 3.17. The summed E-state index contributed by atoms with van der Waals surface area (Å²) in [6.45, 7) is 4.45. The lowest BCUT2D eigenvalue weighted by molar-refractivity contribution is 0.0839. The Hall–Kier alpha value is -1.06. The summed E-state index contributed by atoms with van der Waals surface area (Å²) in [5.41, 5.74) is 2.00. The molecule has 1 fully saturated rings. The SMILES string of the molecule is CNCc1ccccc1N1CCC(C)(O)C1. The number of benzene rings is 1.